The lowest BCUT2D eigenvalue weighted by Crippen LogP contribution is -2.64. The minimum absolute atomic E-state index is 0.0246. The van der Waals surface area contributed by atoms with Gasteiger partial charge in [0.15, 0.2) is 5.69 Å². The normalized spacial score (nSPS) is 17.5. The topological polar surface area (TPSA) is 112 Å². The van der Waals surface area contributed by atoms with Crippen molar-refractivity contribution in [2.75, 3.05) is 38.4 Å². The number of esters is 1. The summed E-state index contributed by atoms with van der Waals surface area (Å²) < 4.78 is 17.0. The number of nitrogens with zero attached hydrogens (tertiary/aromatic N) is 3. The van der Waals surface area contributed by atoms with Crippen LogP contribution in [0.3, 0.4) is 0 Å². The molecule has 0 spiro atoms. The van der Waals surface area contributed by atoms with Crippen LogP contribution in [-0.2, 0) is 20.8 Å². The number of hydrogen-bond acceptors (Lipinski definition) is 7. The molecule has 10 heteroatoms. The average Bonchev–Trinajstić information content (AvgIpc) is 3.22. The van der Waals surface area contributed by atoms with Gasteiger partial charge in [-0.25, -0.2) is 4.79 Å². The Morgan fingerprint density at radius 1 is 1.18 bits per heavy atom. The van der Waals surface area contributed by atoms with Gasteiger partial charge in [0.2, 0.25) is 5.91 Å². The monoisotopic (exact) mass is 458 g/mol. The van der Waals surface area contributed by atoms with Gasteiger partial charge in [-0.15, -0.1) is 0 Å². The fraction of sp³-hybridized carbons (Fsp3) is 0.478. The second-order valence-electron chi connectivity index (χ2n) is 7.74. The largest absolute Gasteiger partial charge is 0.494 e. The average molecular weight is 459 g/mol. The Kier molecular flexibility index (Phi) is 7.70. The van der Waals surface area contributed by atoms with E-state index in [1.165, 1.54) is 15.6 Å². The third-order valence-corrected chi connectivity index (χ3v) is 5.34. The maximum atomic E-state index is 13.6. The highest BCUT2D eigenvalue weighted by atomic mass is 16.5. The van der Waals surface area contributed by atoms with E-state index >= 15 is 0 Å². The summed E-state index contributed by atoms with van der Waals surface area (Å²) in [6.45, 7) is 6.93. The molecule has 33 heavy (non-hydrogen) atoms. The lowest BCUT2D eigenvalue weighted by molar-refractivity contribution is -0.126. The van der Waals surface area contributed by atoms with Crippen LogP contribution >= 0.6 is 0 Å². The molecule has 0 fully saturated rings. The highest BCUT2D eigenvalue weighted by Gasteiger charge is 2.49. The SMILES string of the molecule is CCOC(=O)c1cc2n(n1)C[C@@](C)(C(=O)NCCCOC)N(c1ccc(OCC)cc1)C2=O. The quantitative estimate of drug-likeness (QED) is 0.428. The molecule has 178 valence electrons. The highest BCUT2D eigenvalue weighted by Crippen LogP contribution is 2.33. The van der Waals surface area contributed by atoms with E-state index in [0.717, 1.165) is 0 Å². The fourth-order valence-corrected chi connectivity index (χ4v) is 3.76. The predicted molar refractivity (Wildman–Crippen MR) is 121 cm³/mol. The van der Waals surface area contributed by atoms with Gasteiger partial charge in [-0.1, -0.05) is 0 Å². The molecule has 1 atom stereocenters. The van der Waals surface area contributed by atoms with Gasteiger partial charge in [0.25, 0.3) is 5.91 Å². The number of ether oxygens (including phenoxy) is 3. The zero-order valence-corrected chi connectivity index (χ0v) is 19.4. The Labute approximate surface area is 192 Å². The molecular formula is C23H30N4O6. The molecular weight excluding hydrogens is 428 g/mol. The Hall–Kier alpha value is -3.40. The molecule has 0 radical (unpaired) electrons. The Balaban J connectivity index is 1.99. The van der Waals surface area contributed by atoms with Gasteiger partial charge in [-0.2, -0.15) is 5.10 Å². The zero-order chi connectivity index (χ0) is 24.0. The minimum atomic E-state index is -1.29. The Bertz CT molecular complexity index is 1000. The summed E-state index contributed by atoms with van der Waals surface area (Å²) in [5.41, 5.74) is -0.529. The van der Waals surface area contributed by atoms with E-state index in [2.05, 4.69) is 10.4 Å². The second kappa shape index (κ2) is 10.5. The number of carbonyl (C=O) groups is 3. The van der Waals surface area contributed by atoms with Crippen LogP contribution in [0, 0.1) is 0 Å². The molecule has 0 saturated heterocycles. The molecule has 1 aromatic carbocycles. The van der Waals surface area contributed by atoms with Crippen LogP contribution < -0.4 is 15.0 Å². The van der Waals surface area contributed by atoms with Crippen molar-refractivity contribution in [2.45, 2.75) is 39.3 Å². The van der Waals surface area contributed by atoms with Crippen molar-refractivity contribution in [2.24, 2.45) is 0 Å². The summed E-state index contributed by atoms with van der Waals surface area (Å²) >= 11 is 0. The molecule has 0 saturated carbocycles. The van der Waals surface area contributed by atoms with Crippen molar-refractivity contribution >= 4 is 23.5 Å². The summed E-state index contributed by atoms with van der Waals surface area (Å²) in [7, 11) is 1.59. The molecule has 2 aromatic rings. The van der Waals surface area contributed by atoms with Crippen molar-refractivity contribution in [3.8, 4) is 5.75 Å². The first-order valence-corrected chi connectivity index (χ1v) is 10.9. The summed E-state index contributed by atoms with van der Waals surface area (Å²) in [4.78, 5) is 40.6. The van der Waals surface area contributed by atoms with Gasteiger partial charge in [0.05, 0.1) is 19.8 Å². The fourth-order valence-electron chi connectivity index (χ4n) is 3.76. The van der Waals surface area contributed by atoms with Crippen molar-refractivity contribution in [3.63, 3.8) is 0 Å². The third kappa shape index (κ3) is 5.00. The van der Waals surface area contributed by atoms with Gasteiger partial charge in [0.1, 0.15) is 17.0 Å². The van der Waals surface area contributed by atoms with Crippen LogP contribution in [0.15, 0.2) is 30.3 Å². The summed E-state index contributed by atoms with van der Waals surface area (Å²) in [6, 6.07) is 8.37. The molecule has 1 aliphatic heterocycles. The maximum Gasteiger partial charge on any atom is 0.358 e. The van der Waals surface area contributed by atoms with Crippen molar-refractivity contribution in [1.82, 2.24) is 15.1 Å². The molecule has 1 aromatic heterocycles. The van der Waals surface area contributed by atoms with E-state index in [1.54, 1.807) is 45.2 Å². The first-order chi connectivity index (χ1) is 15.8. The van der Waals surface area contributed by atoms with Crippen molar-refractivity contribution in [1.29, 1.82) is 0 Å². The number of anilines is 1. The van der Waals surface area contributed by atoms with Crippen LogP contribution in [0.5, 0.6) is 5.75 Å². The molecule has 10 nitrogen and oxygen atoms in total. The number of nitrogens with one attached hydrogen (secondary N) is 1. The number of hydrogen-bond donors (Lipinski definition) is 1. The minimum Gasteiger partial charge on any atom is -0.494 e. The van der Waals surface area contributed by atoms with Crippen LogP contribution in [0.2, 0.25) is 0 Å². The summed E-state index contributed by atoms with van der Waals surface area (Å²) in [6.07, 6.45) is 0.634. The molecule has 0 unspecified atom stereocenters. The van der Waals surface area contributed by atoms with Crippen LogP contribution in [0.25, 0.3) is 0 Å². The summed E-state index contributed by atoms with van der Waals surface area (Å²) in [5.74, 6) is -0.737. The first kappa shape index (κ1) is 24.2. The van der Waals surface area contributed by atoms with Crippen molar-refractivity contribution < 1.29 is 28.6 Å². The Morgan fingerprint density at radius 2 is 1.91 bits per heavy atom. The van der Waals surface area contributed by atoms with Gasteiger partial charge in [-0.3, -0.25) is 19.2 Å². The molecule has 2 heterocycles. The van der Waals surface area contributed by atoms with Crippen LogP contribution in [0.1, 0.15) is 48.2 Å². The lowest BCUT2D eigenvalue weighted by Gasteiger charge is -2.43. The molecule has 3 rings (SSSR count). The zero-order valence-electron chi connectivity index (χ0n) is 19.4. The van der Waals surface area contributed by atoms with Crippen LogP contribution in [0.4, 0.5) is 5.69 Å². The lowest BCUT2D eigenvalue weighted by atomic mass is 9.94. The van der Waals surface area contributed by atoms with E-state index in [9.17, 15) is 14.4 Å². The Morgan fingerprint density at radius 3 is 2.55 bits per heavy atom. The van der Waals surface area contributed by atoms with E-state index < -0.39 is 17.4 Å². The highest BCUT2D eigenvalue weighted by molar-refractivity contribution is 6.12. The number of amides is 2. The number of methoxy groups -OCH3 is 1. The number of benzene rings is 1. The van der Waals surface area contributed by atoms with Crippen LogP contribution in [-0.4, -0.2) is 66.6 Å². The molecule has 1 N–H and O–H groups in total. The standard InChI is InChI=1S/C23H30N4O6/c1-5-32-17-10-8-16(9-11-17)27-20(28)19-14-18(21(29)33-6-2)25-26(19)15-23(27,3)22(30)24-12-7-13-31-4/h8-11,14H,5-7,12-13,15H2,1-4H3,(H,24,30)/t23-/m0/s1. The molecule has 0 bridgehead atoms. The van der Waals surface area contributed by atoms with E-state index in [1.807, 2.05) is 6.92 Å². The summed E-state index contributed by atoms with van der Waals surface area (Å²) in [5, 5.41) is 7.14. The second-order valence-corrected chi connectivity index (χ2v) is 7.74. The van der Waals surface area contributed by atoms with E-state index in [0.29, 0.717) is 37.6 Å². The van der Waals surface area contributed by atoms with E-state index in [4.69, 9.17) is 14.2 Å². The number of aromatic nitrogens is 2. The van der Waals surface area contributed by atoms with E-state index in [-0.39, 0.29) is 30.4 Å². The van der Waals surface area contributed by atoms with Gasteiger partial charge in [-0.05, 0) is 51.5 Å². The number of fused-ring (bicyclic) bond motifs is 1. The van der Waals surface area contributed by atoms with Gasteiger partial charge >= 0.3 is 5.97 Å². The molecule has 0 aliphatic carbocycles. The molecule has 1 aliphatic rings. The smallest absolute Gasteiger partial charge is 0.358 e. The maximum absolute atomic E-state index is 13.6. The predicted octanol–water partition coefficient (Wildman–Crippen LogP) is 2.03. The first-order valence-electron chi connectivity index (χ1n) is 10.9. The number of carbonyl (C=O) groups excluding carboxylic acids is 3. The van der Waals surface area contributed by atoms with Gasteiger partial charge in [0, 0.05) is 32.0 Å². The molecule has 2 amide bonds. The third-order valence-electron chi connectivity index (χ3n) is 5.34. The van der Waals surface area contributed by atoms with Gasteiger partial charge < -0.3 is 19.5 Å². The van der Waals surface area contributed by atoms with Crippen molar-refractivity contribution in [3.05, 3.63) is 41.7 Å². The number of rotatable bonds is 10.